The van der Waals surface area contributed by atoms with Crippen molar-refractivity contribution in [3.8, 4) is 0 Å². The smallest absolute Gasteiger partial charge is 0.222 e. The molecule has 0 aliphatic heterocycles. The quantitative estimate of drug-likeness (QED) is 0.708. The van der Waals surface area contributed by atoms with Gasteiger partial charge in [0, 0.05) is 19.5 Å². The Morgan fingerprint density at radius 1 is 1.29 bits per heavy atom. The summed E-state index contributed by atoms with van der Waals surface area (Å²) in [5.41, 5.74) is 5.45. The van der Waals surface area contributed by atoms with Crippen LogP contribution in [0.15, 0.2) is 0 Å². The number of carbonyl (C=O) groups excluding carboxylic acids is 1. The summed E-state index contributed by atoms with van der Waals surface area (Å²) >= 11 is 0. The lowest BCUT2D eigenvalue weighted by Gasteiger charge is -2.22. The summed E-state index contributed by atoms with van der Waals surface area (Å²) in [6, 6.07) is 0.298. The van der Waals surface area contributed by atoms with Crippen LogP contribution in [0.3, 0.4) is 0 Å². The van der Waals surface area contributed by atoms with E-state index in [1.54, 1.807) is 4.90 Å². The molecule has 2 N–H and O–H groups in total. The molecule has 0 fully saturated rings. The first kappa shape index (κ1) is 13.4. The highest BCUT2D eigenvalue weighted by Crippen LogP contribution is 2.10. The van der Waals surface area contributed by atoms with Crippen LogP contribution in [-0.2, 0) is 4.79 Å². The Morgan fingerprint density at radius 3 is 2.29 bits per heavy atom. The fourth-order valence-electron chi connectivity index (χ4n) is 1.26. The van der Waals surface area contributed by atoms with E-state index in [0.29, 0.717) is 18.4 Å². The summed E-state index contributed by atoms with van der Waals surface area (Å²) in [6.45, 7) is 6.92. The van der Waals surface area contributed by atoms with Gasteiger partial charge in [0.05, 0.1) is 0 Å². The van der Waals surface area contributed by atoms with Crippen LogP contribution in [0.1, 0.15) is 40.0 Å². The average Bonchev–Trinajstić information content (AvgIpc) is 2.13. The zero-order valence-corrected chi connectivity index (χ0v) is 9.92. The lowest BCUT2D eigenvalue weighted by atomic mass is 10.0. The lowest BCUT2D eigenvalue weighted by Crippen LogP contribution is -2.33. The summed E-state index contributed by atoms with van der Waals surface area (Å²) in [4.78, 5) is 13.4. The Bertz CT molecular complexity index is 169. The second-order valence-corrected chi connectivity index (χ2v) is 4.32. The number of nitrogens with two attached hydrogens (primary N) is 1. The third-order valence-corrected chi connectivity index (χ3v) is 2.68. The Hall–Kier alpha value is -0.570. The van der Waals surface area contributed by atoms with Crippen molar-refractivity contribution in [3.63, 3.8) is 0 Å². The molecule has 0 aliphatic rings. The standard InChI is InChI=1S/C11H24N2O/c1-9(2)13(4)11(14)6-5-10(3)7-8-12/h9-10H,5-8,12H2,1-4H3. The van der Waals surface area contributed by atoms with Crippen molar-refractivity contribution in [1.82, 2.24) is 4.90 Å². The molecule has 0 spiro atoms. The van der Waals surface area contributed by atoms with Gasteiger partial charge in [0.25, 0.3) is 0 Å². The Labute approximate surface area is 87.6 Å². The average molecular weight is 200 g/mol. The van der Waals surface area contributed by atoms with E-state index in [0.717, 1.165) is 19.4 Å². The second-order valence-electron chi connectivity index (χ2n) is 4.32. The Balaban J connectivity index is 3.73. The predicted octanol–water partition coefficient (Wildman–Crippen LogP) is 1.62. The van der Waals surface area contributed by atoms with Gasteiger partial charge in [0.1, 0.15) is 0 Å². The van der Waals surface area contributed by atoms with Crippen molar-refractivity contribution in [2.24, 2.45) is 11.7 Å². The highest BCUT2D eigenvalue weighted by molar-refractivity contribution is 5.76. The zero-order chi connectivity index (χ0) is 11.1. The van der Waals surface area contributed by atoms with Gasteiger partial charge < -0.3 is 10.6 Å². The molecule has 0 aliphatic carbocycles. The maximum absolute atomic E-state index is 11.6. The van der Waals surface area contributed by atoms with E-state index in [4.69, 9.17) is 5.73 Å². The zero-order valence-electron chi connectivity index (χ0n) is 9.92. The van der Waals surface area contributed by atoms with Crippen LogP contribution in [0.4, 0.5) is 0 Å². The Morgan fingerprint density at radius 2 is 1.86 bits per heavy atom. The molecule has 0 saturated carbocycles. The molecule has 3 heteroatoms. The molecule has 1 amide bonds. The van der Waals surface area contributed by atoms with E-state index >= 15 is 0 Å². The van der Waals surface area contributed by atoms with Crippen LogP contribution >= 0.6 is 0 Å². The maximum Gasteiger partial charge on any atom is 0.222 e. The van der Waals surface area contributed by atoms with Crippen molar-refractivity contribution in [2.45, 2.75) is 46.1 Å². The molecular formula is C11H24N2O. The molecule has 14 heavy (non-hydrogen) atoms. The summed E-state index contributed by atoms with van der Waals surface area (Å²) in [5, 5.41) is 0. The minimum atomic E-state index is 0.240. The highest BCUT2D eigenvalue weighted by Gasteiger charge is 2.12. The van der Waals surface area contributed by atoms with Gasteiger partial charge in [-0.1, -0.05) is 6.92 Å². The van der Waals surface area contributed by atoms with E-state index in [9.17, 15) is 4.79 Å². The summed E-state index contributed by atoms with van der Waals surface area (Å²) in [5.74, 6) is 0.799. The van der Waals surface area contributed by atoms with E-state index in [2.05, 4.69) is 6.92 Å². The number of nitrogens with zero attached hydrogens (tertiary/aromatic N) is 1. The fraction of sp³-hybridized carbons (Fsp3) is 0.909. The number of carbonyl (C=O) groups is 1. The fourth-order valence-corrected chi connectivity index (χ4v) is 1.26. The Kier molecular flexibility index (Phi) is 6.54. The van der Waals surface area contributed by atoms with Gasteiger partial charge in [-0.2, -0.15) is 0 Å². The monoisotopic (exact) mass is 200 g/mol. The summed E-state index contributed by atoms with van der Waals surface area (Å²) < 4.78 is 0. The van der Waals surface area contributed by atoms with Crippen LogP contribution in [0, 0.1) is 5.92 Å². The van der Waals surface area contributed by atoms with Crippen LogP contribution in [0.5, 0.6) is 0 Å². The molecule has 0 rings (SSSR count). The maximum atomic E-state index is 11.6. The minimum Gasteiger partial charge on any atom is -0.343 e. The third kappa shape index (κ3) is 5.22. The lowest BCUT2D eigenvalue weighted by molar-refractivity contribution is -0.131. The van der Waals surface area contributed by atoms with Gasteiger partial charge in [0.2, 0.25) is 5.91 Å². The number of amides is 1. The molecule has 1 atom stereocenters. The van der Waals surface area contributed by atoms with Crippen LogP contribution in [-0.4, -0.2) is 30.4 Å². The molecule has 0 aromatic heterocycles. The van der Waals surface area contributed by atoms with E-state index in [1.807, 2.05) is 20.9 Å². The third-order valence-electron chi connectivity index (χ3n) is 2.68. The topological polar surface area (TPSA) is 46.3 Å². The molecule has 0 heterocycles. The first-order valence-corrected chi connectivity index (χ1v) is 5.44. The summed E-state index contributed by atoms with van der Waals surface area (Å²) in [7, 11) is 1.86. The van der Waals surface area contributed by atoms with Crippen LogP contribution < -0.4 is 5.73 Å². The first-order chi connectivity index (χ1) is 6.49. The van der Waals surface area contributed by atoms with Gasteiger partial charge in [-0.25, -0.2) is 0 Å². The molecule has 0 aromatic carbocycles. The molecule has 84 valence electrons. The van der Waals surface area contributed by atoms with E-state index in [1.165, 1.54) is 0 Å². The van der Waals surface area contributed by atoms with Gasteiger partial charge in [-0.15, -0.1) is 0 Å². The van der Waals surface area contributed by atoms with Crippen molar-refractivity contribution in [1.29, 1.82) is 0 Å². The normalized spacial score (nSPS) is 13.0. The van der Waals surface area contributed by atoms with Gasteiger partial charge in [-0.3, -0.25) is 4.79 Å². The molecule has 0 radical (unpaired) electrons. The highest BCUT2D eigenvalue weighted by atomic mass is 16.2. The van der Waals surface area contributed by atoms with Gasteiger partial charge in [-0.05, 0) is 39.2 Å². The molecule has 1 unspecified atom stereocenters. The first-order valence-electron chi connectivity index (χ1n) is 5.44. The molecule has 0 saturated heterocycles. The van der Waals surface area contributed by atoms with Crippen LogP contribution in [0.25, 0.3) is 0 Å². The van der Waals surface area contributed by atoms with Crippen molar-refractivity contribution in [2.75, 3.05) is 13.6 Å². The number of hydrogen-bond acceptors (Lipinski definition) is 2. The van der Waals surface area contributed by atoms with Crippen molar-refractivity contribution in [3.05, 3.63) is 0 Å². The molecule has 0 bridgehead atoms. The largest absolute Gasteiger partial charge is 0.343 e. The molecule has 3 nitrogen and oxygen atoms in total. The van der Waals surface area contributed by atoms with E-state index in [-0.39, 0.29) is 5.91 Å². The minimum absolute atomic E-state index is 0.240. The number of rotatable bonds is 6. The molecular weight excluding hydrogens is 176 g/mol. The van der Waals surface area contributed by atoms with Gasteiger partial charge >= 0.3 is 0 Å². The predicted molar refractivity (Wildman–Crippen MR) is 60.0 cm³/mol. The number of hydrogen-bond donors (Lipinski definition) is 1. The van der Waals surface area contributed by atoms with Crippen molar-refractivity contribution < 1.29 is 4.79 Å². The SMILES string of the molecule is CC(CCN)CCC(=O)N(C)C(C)C. The summed E-state index contributed by atoms with van der Waals surface area (Å²) in [6.07, 6.45) is 2.61. The second kappa shape index (κ2) is 6.82. The van der Waals surface area contributed by atoms with Crippen LogP contribution in [0.2, 0.25) is 0 Å². The van der Waals surface area contributed by atoms with E-state index < -0.39 is 0 Å². The van der Waals surface area contributed by atoms with Crippen molar-refractivity contribution >= 4 is 5.91 Å². The van der Waals surface area contributed by atoms with Gasteiger partial charge in [0.15, 0.2) is 0 Å². The molecule has 0 aromatic rings.